The Balaban J connectivity index is 2.45. The molecule has 0 amide bonds. The summed E-state index contributed by atoms with van der Waals surface area (Å²) >= 11 is 0. The largest absolute Gasteiger partial charge is 0.308 e. The van der Waals surface area contributed by atoms with Crippen molar-refractivity contribution in [1.82, 2.24) is 15.1 Å². The number of rotatable bonds is 4. The molecule has 1 heterocycles. The minimum absolute atomic E-state index is 0.173. The van der Waals surface area contributed by atoms with Crippen molar-refractivity contribution >= 4 is 0 Å². The third-order valence-electron chi connectivity index (χ3n) is 3.10. The van der Waals surface area contributed by atoms with Gasteiger partial charge in [0, 0.05) is 18.3 Å². The van der Waals surface area contributed by atoms with E-state index in [1.165, 1.54) is 0 Å². The number of halogens is 1. The predicted octanol–water partition coefficient (Wildman–Crippen LogP) is 2.66. The minimum Gasteiger partial charge on any atom is -0.308 e. The van der Waals surface area contributed by atoms with Gasteiger partial charge >= 0.3 is 0 Å². The highest BCUT2D eigenvalue weighted by Gasteiger charge is 2.19. The molecule has 1 aromatic carbocycles. The molecule has 1 N–H and O–H groups in total. The second kappa shape index (κ2) is 5.31. The van der Waals surface area contributed by atoms with Gasteiger partial charge in [-0.05, 0) is 38.6 Å². The molecule has 0 bridgehead atoms. The third kappa shape index (κ3) is 2.29. The van der Waals surface area contributed by atoms with Gasteiger partial charge in [-0.1, -0.05) is 12.1 Å². The Morgan fingerprint density at radius 3 is 2.78 bits per heavy atom. The molecule has 1 atom stereocenters. The molecule has 0 aliphatic heterocycles. The van der Waals surface area contributed by atoms with Crippen molar-refractivity contribution in [3.8, 4) is 0 Å². The maximum absolute atomic E-state index is 14.0. The molecule has 1 unspecified atom stereocenters. The van der Waals surface area contributed by atoms with E-state index in [9.17, 15) is 4.39 Å². The number of nitrogens with one attached hydrogen (secondary N) is 1. The number of nitrogens with zero attached hydrogens (tertiary/aromatic N) is 2. The van der Waals surface area contributed by atoms with E-state index in [4.69, 9.17) is 0 Å². The fraction of sp³-hybridized carbons (Fsp3) is 0.357. The average molecular weight is 247 g/mol. The topological polar surface area (TPSA) is 29.9 Å². The van der Waals surface area contributed by atoms with Crippen molar-refractivity contribution in [2.75, 3.05) is 7.05 Å². The van der Waals surface area contributed by atoms with Gasteiger partial charge in [-0.2, -0.15) is 5.10 Å². The Bertz CT molecular complexity index is 534. The zero-order valence-electron chi connectivity index (χ0n) is 10.9. The molecule has 0 saturated heterocycles. The lowest BCUT2D eigenvalue weighted by atomic mass is 10.0. The molecule has 0 saturated carbocycles. The maximum atomic E-state index is 14.0. The van der Waals surface area contributed by atoms with Crippen molar-refractivity contribution in [3.05, 3.63) is 53.1 Å². The van der Waals surface area contributed by atoms with Crippen LogP contribution >= 0.6 is 0 Å². The van der Waals surface area contributed by atoms with E-state index < -0.39 is 0 Å². The van der Waals surface area contributed by atoms with Crippen LogP contribution in [0.1, 0.15) is 29.8 Å². The molecule has 0 radical (unpaired) electrons. The zero-order valence-corrected chi connectivity index (χ0v) is 10.9. The molecule has 0 fully saturated rings. The van der Waals surface area contributed by atoms with Crippen LogP contribution in [0.4, 0.5) is 4.39 Å². The molecule has 96 valence electrons. The molecule has 2 rings (SSSR count). The van der Waals surface area contributed by atoms with Gasteiger partial charge in [-0.25, -0.2) is 4.39 Å². The van der Waals surface area contributed by atoms with Crippen LogP contribution in [0.5, 0.6) is 0 Å². The summed E-state index contributed by atoms with van der Waals surface area (Å²) in [6.07, 6.45) is 1.75. The van der Waals surface area contributed by atoms with Crippen LogP contribution in [0.25, 0.3) is 0 Å². The van der Waals surface area contributed by atoms with E-state index >= 15 is 0 Å². The summed E-state index contributed by atoms with van der Waals surface area (Å²) < 4.78 is 15.9. The molecule has 1 aromatic heterocycles. The van der Waals surface area contributed by atoms with Crippen molar-refractivity contribution in [1.29, 1.82) is 0 Å². The standard InChI is InChI=1S/C14H18FN3/c1-4-18-13(7-8-17-18)14(16-3)11-6-5-10(2)9-12(11)15/h5-9,14,16H,4H2,1-3H3. The summed E-state index contributed by atoms with van der Waals surface area (Å²) in [4.78, 5) is 0. The van der Waals surface area contributed by atoms with Gasteiger partial charge in [0.15, 0.2) is 0 Å². The van der Waals surface area contributed by atoms with Crippen LogP contribution in [0.15, 0.2) is 30.5 Å². The van der Waals surface area contributed by atoms with E-state index in [-0.39, 0.29) is 11.9 Å². The second-order valence-corrected chi connectivity index (χ2v) is 4.32. The number of benzene rings is 1. The normalized spacial score (nSPS) is 12.7. The van der Waals surface area contributed by atoms with Crippen LogP contribution in [0.2, 0.25) is 0 Å². The summed E-state index contributed by atoms with van der Waals surface area (Å²) in [5.74, 6) is -0.182. The van der Waals surface area contributed by atoms with Gasteiger partial charge in [0.1, 0.15) is 5.82 Å². The molecular formula is C14H18FN3. The van der Waals surface area contributed by atoms with Crippen molar-refractivity contribution in [3.63, 3.8) is 0 Å². The SMILES string of the molecule is CCn1nccc1C(NC)c1ccc(C)cc1F. The molecule has 2 aromatic rings. The Labute approximate surface area is 107 Å². The molecule has 0 aliphatic rings. The highest BCUT2D eigenvalue weighted by Crippen LogP contribution is 2.24. The first-order valence-corrected chi connectivity index (χ1v) is 6.12. The van der Waals surface area contributed by atoms with Crippen molar-refractivity contribution < 1.29 is 4.39 Å². The summed E-state index contributed by atoms with van der Waals surface area (Å²) in [5.41, 5.74) is 2.55. The Hall–Kier alpha value is -1.68. The van der Waals surface area contributed by atoms with E-state index in [2.05, 4.69) is 10.4 Å². The Kier molecular flexibility index (Phi) is 3.77. The zero-order chi connectivity index (χ0) is 13.1. The predicted molar refractivity (Wildman–Crippen MR) is 69.9 cm³/mol. The summed E-state index contributed by atoms with van der Waals surface area (Å²) in [6.45, 7) is 4.68. The highest BCUT2D eigenvalue weighted by atomic mass is 19.1. The van der Waals surface area contributed by atoms with Gasteiger partial charge in [0.2, 0.25) is 0 Å². The van der Waals surface area contributed by atoms with E-state index in [1.54, 1.807) is 12.3 Å². The number of aromatic nitrogens is 2. The van der Waals surface area contributed by atoms with Crippen molar-refractivity contribution in [2.45, 2.75) is 26.4 Å². The first-order chi connectivity index (χ1) is 8.67. The molecule has 4 heteroatoms. The molecule has 3 nitrogen and oxygen atoms in total. The number of aryl methyl sites for hydroxylation is 2. The van der Waals surface area contributed by atoms with Crippen molar-refractivity contribution in [2.24, 2.45) is 0 Å². The van der Waals surface area contributed by atoms with Crippen LogP contribution < -0.4 is 5.32 Å². The quantitative estimate of drug-likeness (QED) is 0.900. The molecule has 18 heavy (non-hydrogen) atoms. The molecule has 0 aliphatic carbocycles. The van der Waals surface area contributed by atoms with Crippen LogP contribution in [0.3, 0.4) is 0 Å². The Morgan fingerprint density at radius 2 is 2.17 bits per heavy atom. The summed E-state index contributed by atoms with van der Waals surface area (Å²) in [7, 11) is 1.83. The summed E-state index contributed by atoms with van der Waals surface area (Å²) in [6, 6.07) is 7.07. The lowest BCUT2D eigenvalue weighted by Gasteiger charge is -2.18. The minimum atomic E-state index is -0.182. The molecular weight excluding hydrogens is 229 g/mol. The first-order valence-electron chi connectivity index (χ1n) is 6.12. The smallest absolute Gasteiger partial charge is 0.128 e. The van der Waals surface area contributed by atoms with Gasteiger partial charge < -0.3 is 5.32 Å². The second-order valence-electron chi connectivity index (χ2n) is 4.32. The first kappa shape index (κ1) is 12.8. The fourth-order valence-electron chi connectivity index (χ4n) is 2.18. The van der Waals surface area contributed by atoms with Crippen LogP contribution in [0, 0.1) is 12.7 Å². The molecule has 0 spiro atoms. The Morgan fingerprint density at radius 1 is 1.39 bits per heavy atom. The number of hydrogen-bond acceptors (Lipinski definition) is 2. The average Bonchev–Trinajstić information content (AvgIpc) is 2.81. The van der Waals surface area contributed by atoms with Gasteiger partial charge in [-0.15, -0.1) is 0 Å². The number of hydrogen-bond donors (Lipinski definition) is 1. The van der Waals surface area contributed by atoms with E-state index in [0.29, 0.717) is 5.56 Å². The van der Waals surface area contributed by atoms with Crippen LogP contribution in [-0.2, 0) is 6.54 Å². The van der Waals surface area contributed by atoms with Gasteiger partial charge in [0.25, 0.3) is 0 Å². The van der Waals surface area contributed by atoms with Gasteiger partial charge in [-0.3, -0.25) is 4.68 Å². The fourth-order valence-corrected chi connectivity index (χ4v) is 2.18. The lowest BCUT2D eigenvalue weighted by Crippen LogP contribution is -2.22. The third-order valence-corrected chi connectivity index (χ3v) is 3.10. The van der Waals surface area contributed by atoms with E-state index in [0.717, 1.165) is 17.8 Å². The lowest BCUT2D eigenvalue weighted by molar-refractivity contribution is 0.532. The summed E-state index contributed by atoms with van der Waals surface area (Å²) in [5, 5.41) is 7.39. The van der Waals surface area contributed by atoms with Crippen LogP contribution in [-0.4, -0.2) is 16.8 Å². The van der Waals surface area contributed by atoms with E-state index in [1.807, 2.05) is 43.8 Å². The monoisotopic (exact) mass is 247 g/mol. The van der Waals surface area contributed by atoms with Gasteiger partial charge in [0.05, 0.1) is 11.7 Å². The highest BCUT2D eigenvalue weighted by molar-refractivity contribution is 5.31. The maximum Gasteiger partial charge on any atom is 0.128 e.